The number of carbonyl (C=O) groups is 1. The number of anilines is 1. The predicted molar refractivity (Wildman–Crippen MR) is 62.4 cm³/mol. The Hall–Kier alpha value is -1.89. The van der Waals surface area contributed by atoms with Gasteiger partial charge in [0.1, 0.15) is 11.9 Å². The minimum atomic E-state index is -0.700. The van der Waals surface area contributed by atoms with Crippen molar-refractivity contribution in [2.75, 3.05) is 18.0 Å². The van der Waals surface area contributed by atoms with Gasteiger partial charge in [0, 0.05) is 18.7 Å². The molecule has 0 spiro atoms. The number of Topliss-reactive ketones (excluding diaryl/α,β-unsaturated/α-hetero) is 1. The maximum Gasteiger partial charge on any atom is 0.262 e. The molecule has 0 radical (unpaired) electrons. The van der Waals surface area contributed by atoms with E-state index in [9.17, 15) is 9.18 Å². The molecule has 1 aliphatic rings. The normalized spacial score (nSPS) is 15.4. The van der Waals surface area contributed by atoms with Crippen LogP contribution < -0.4 is 4.90 Å². The maximum absolute atomic E-state index is 13.8. The SMILES string of the molecule is N#CC(=O)c1ccc(N2CCCCC2)c(F)c1. The van der Waals surface area contributed by atoms with Crippen LogP contribution in [0.25, 0.3) is 0 Å². The quantitative estimate of drug-likeness (QED) is 0.581. The van der Waals surface area contributed by atoms with Gasteiger partial charge in [-0.2, -0.15) is 5.26 Å². The minimum Gasteiger partial charge on any atom is -0.369 e. The molecule has 0 bridgehead atoms. The fourth-order valence-corrected chi connectivity index (χ4v) is 2.10. The molecule has 1 saturated heterocycles. The molecule has 0 saturated carbocycles. The van der Waals surface area contributed by atoms with E-state index >= 15 is 0 Å². The number of rotatable bonds is 2. The van der Waals surface area contributed by atoms with E-state index in [0.717, 1.165) is 32.0 Å². The highest BCUT2D eigenvalue weighted by atomic mass is 19.1. The van der Waals surface area contributed by atoms with Crippen LogP contribution in [0, 0.1) is 17.1 Å². The summed E-state index contributed by atoms with van der Waals surface area (Å²) >= 11 is 0. The van der Waals surface area contributed by atoms with Crippen molar-refractivity contribution in [3.63, 3.8) is 0 Å². The van der Waals surface area contributed by atoms with Crippen molar-refractivity contribution < 1.29 is 9.18 Å². The lowest BCUT2D eigenvalue weighted by Crippen LogP contribution is -2.30. The smallest absolute Gasteiger partial charge is 0.262 e. The molecule has 2 rings (SSSR count). The minimum absolute atomic E-state index is 0.116. The fourth-order valence-electron chi connectivity index (χ4n) is 2.10. The first-order valence-electron chi connectivity index (χ1n) is 5.71. The van der Waals surface area contributed by atoms with Crippen LogP contribution in [0.15, 0.2) is 18.2 Å². The number of piperidine rings is 1. The summed E-state index contributed by atoms with van der Waals surface area (Å²) in [4.78, 5) is 13.1. The first kappa shape index (κ1) is 11.6. The molecular formula is C13H13FN2O. The Morgan fingerprint density at radius 1 is 1.29 bits per heavy atom. The molecule has 17 heavy (non-hydrogen) atoms. The Labute approximate surface area is 99.5 Å². The number of nitriles is 1. The molecule has 0 N–H and O–H groups in total. The molecule has 4 heteroatoms. The van der Waals surface area contributed by atoms with Gasteiger partial charge >= 0.3 is 0 Å². The van der Waals surface area contributed by atoms with Gasteiger partial charge in [-0.1, -0.05) is 0 Å². The third-order valence-electron chi connectivity index (χ3n) is 3.01. The van der Waals surface area contributed by atoms with E-state index in [1.807, 2.05) is 4.90 Å². The summed E-state index contributed by atoms with van der Waals surface area (Å²) in [6.45, 7) is 1.70. The molecular weight excluding hydrogens is 219 g/mol. The Morgan fingerprint density at radius 3 is 2.59 bits per heavy atom. The Morgan fingerprint density at radius 2 is 2.00 bits per heavy atom. The largest absolute Gasteiger partial charge is 0.369 e. The highest BCUT2D eigenvalue weighted by Gasteiger charge is 2.16. The second kappa shape index (κ2) is 4.96. The van der Waals surface area contributed by atoms with Gasteiger partial charge in [0.05, 0.1) is 5.69 Å². The van der Waals surface area contributed by atoms with Crippen molar-refractivity contribution in [2.24, 2.45) is 0 Å². The first-order chi connectivity index (χ1) is 8.22. The molecule has 0 atom stereocenters. The number of ketones is 1. The summed E-state index contributed by atoms with van der Waals surface area (Å²) in [5.41, 5.74) is 0.643. The van der Waals surface area contributed by atoms with Crippen molar-refractivity contribution in [1.29, 1.82) is 5.26 Å². The molecule has 1 aromatic rings. The summed E-state index contributed by atoms with van der Waals surface area (Å²) in [7, 11) is 0. The Bertz CT molecular complexity index is 473. The highest BCUT2D eigenvalue weighted by molar-refractivity contribution is 6.07. The van der Waals surface area contributed by atoms with E-state index in [2.05, 4.69) is 0 Å². The second-order valence-electron chi connectivity index (χ2n) is 4.15. The average Bonchev–Trinajstić information content (AvgIpc) is 2.38. The molecule has 3 nitrogen and oxygen atoms in total. The van der Waals surface area contributed by atoms with Crippen LogP contribution in [-0.2, 0) is 0 Å². The molecule has 0 aliphatic carbocycles. The van der Waals surface area contributed by atoms with Crippen molar-refractivity contribution >= 4 is 11.5 Å². The molecule has 0 amide bonds. The van der Waals surface area contributed by atoms with Gasteiger partial charge in [0.15, 0.2) is 0 Å². The highest BCUT2D eigenvalue weighted by Crippen LogP contribution is 2.24. The van der Waals surface area contributed by atoms with Crippen molar-refractivity contribution in [2.45, 2.75) is 19.3 Å². The van der Waals surface area contributed by atoms with Crippen LogP contribution in [0.4, 0.5) is 10.1 Å². The van der Waals surface area contributed by atoms with E-state index in [1.165, 1.54) is 18.6 Å². The predicted octanol–water partition coefficient (Wildman–Crippen LogP) is 2.52. The summed E-state index contributed by atoms with van der Waals surface area (Å²) in [5.74, 6) is -1.12. The zero-order chi connectivity index (χ0) is 12.3. The lowest BCUT2D eigenvalue weighted by atomic mass is 10.1. The van der Waals surface area contributed by atoms with E-state index in [-0.39, 0.29) is 5.56 Å². The molecule has 0 unspecified atom stereocenters. The lowest BCUT2D eigenvalue weighted by molar-refractivity contribution is 0.105. The van der Waals surface area contributed by atoms with Crippen LogP contribution in [0.3, 0.4) is 0 Å². The number of halogens is 1. The van der Waals surface area contributed by atoms with Crippen LogP contribution in [0.5, 0.6) is 0 Å². The zero-order valence-corrected chi connectivity index (χ0v) is 9.45. The number of carbonyl (C=O) groups excluding carboxylic acids is 1. The number of benzene rings is 1. The van der Waals surface area contributed by atoms with Gasteiger partial charge in [-0.3, -0.25) is 4.79 Å². The number of nitrogens with zero attached hydrogens (tertiary/aromatic N) is 2. The third-order valence-corrected chi connectivity index (χ3v) is 3.01. The summed E-state index contributed by atoms with van der Waals surface area (Å²) in [5, 5.41) is 8.46. The summed E-state index contributed by atoms with van der Waals surface area (Å²) < 4.78 is 13.8. The van der Waals surface area contributed by atoms with Gasteiger partial charge in [-0.05, 0) is 37.5 Å². The Balaban J connectivity index is 2.25. The monoisotopic (exact) mass is 232 g/mol. The second-order valence-corrected chi connectivity index (χ2v) is 4.15. The first-order valence-corrected chi connectivity index (χ1v) is 5.71. The fraction of sp³-hybridized carbons (Fsp3) is 0.385. The van der Waals surface area contributed by atoms with Crippen LogP contribution >= 0.6 is 0 Å². The van der Waals surface area contributed by atoms with Crippen LogP contribution in [0.2, 0.25) is 0 Å². The molecule has 1 aromatic carbocycles. The number of hydrogen-bond acceptors (Lipinski definition) is 3. The standard InChI is InChI=1S/C13H13FN2O/c14-11-8-10(13(17)9-15)4-5-12(11)16-6-2-1-3-7-16/h4-5,8H,1-3,6-7H2. The Kier molecular flexibility index (Phi) is 3.38. The van der Waals surface area contributed by atoms with Gasteiger partial charge in [-0.25, -0.2) is 4.39 Å². The summed E-state index contributed by atoms with van der Waals surface area (Å²) in [6, 6.07) is 5.74. The van der Waals surface area contributed by atoms with E-state index in [4.69, 9.17) is 5.26 Å². The van der Waals surface area contributed by atoms with Gasteiger partial charge in [0.25, 0.3) is 5.78 Å². The molecule has 88 valence electrons. The lowest BCUT2D eigenvalue weighted by Gasteiger charge is -2.29. The van der Waals surface area contributed by atoms with E-state index < -0.39 is 11.6 Å². The zero-order valence-electron chi connectivity index (χ0n) is 9.45. The van der Waals surface area contributed by atoms with Crippen LogP contribution in [0.1, 0.15) is 29.6 Å². The van der Waals surface area contributed by atoms with E-state index in [1.54, 1.807) is 6.07 Å². The van der Waals surface area contributed by atoms with Gasteiger partial charge in [0.2, 0.25) is 0 Å². The summed E-state index contributed by atoms with van der Waals surface area (Å²) in [6.07, 6.45) is 3.32. The van der Waals surface area contributed by atoms with Gasteiger partial charge < -0.3 is 4.90 Å². The maximum atomic E-state index is 13.8. The number of hydrogen-bond donors (Lipinski definition) is 0. The molecule has 1 fully saturated rings. The van der Waals surface area contributed by atoms with Gasteiger partial charge in [-0.15, -0.1) is 0 Å². The average molecular weight is 232 g/mol. The topological polar surface area (TPSA) is 44.1 Å². The van der Waals surface area contributed by atoms with E-state index in [0.29, 0.717) is 5.69 Å². The van der Waals surface area contributed by atoms with Crippen molar-refractivity contribution in [3.05, 3.63) is 29.6 Å². The third kappa shape index (κ3) is 2.44. The van der Waals surface area contributed by atoms with Crippen LogP contribution in [-0.4, -0.2) is 18.9 Å². The molecule has 0 aromatic heterocycles. The molecule has 1 heterocycles. The molecule has 1 aliphatic heterocycles. The van der Waals surface area contributed by atoms with Crippen molar-refractivity contribution in [1.82, 2.24) is 0 Å². The van der Waals surface area contributed by atoms with Crippen molar-refractivity contribution in [3.8, 4) is 6.07 Å².